The zero-order valence-corrected chi connectivity index (χ0v) is 12.0. The molecule has 0 saturated heterocycles. The SMILES string of the molecule is O=C(Cc1ccn(C2CCCCC2)n1)c1ccoc1Cl. The highest BCUT2D eigenvalue weighted by Crippen LogP contribution is 2.27. The molecule has 5 heteroatoms. The minimum absolute atomic E-state index is 0.0577. The Hall–Kier alpha value is -1.55. The Morgan fingerprint density at radius 2 is 2.15 bits per heavy atom. The van der Waals surface area contributed by atoms with Crippen LogP contribution in [0.15, 0.2) is 29.0 Å². The molecule has 2 aromatic rings. The van der Waals surface area contributed by atoms with Crippen molar-refractivity contribution in [1.29, 1.82) is 0 Å². The predicted molar refractivity (Wildman–Crippen MR) is 76.1 cm³/mol. The number of hydrogen-bond acceptors (Lipinski definition) is 3. The zero-order chi connectivity index (χ0) is 13.9. The van der Waals surface area contributed by atoms with E-state index in [4.69, 9.17) is 16.0 Å². The van der Waals surface area contributed by atoms with Crippen LogP contribution < -0.4 is 0 Å². The first-order valence-corrected chi connectivity index (χ1v) is 7.42. The number of carbonyl (C=O) groups excluding carboxylic acids is 1. The second kappa shape index (κ2) is 5.83. The van der Waals surface area contributed by atoms with Crippen LogP contribution in [0.1, 0.15) is 54.2 Å². The van der Waals surface area contributed by atoms with Gasteiger partial charge in [-0.2, -0.15) is 5.10 Å². The van der Waals surface area contributed by atoms with Crippen LogP contribution in [0.2, 0.25) is 5.22 Å². The van der Waals surface area contributed by atoms with Crippen molar-refractivity contribution in [3.05, 3.63) is 41.1 Å². The summed E-state index contributed by atoms with van der Waals surface area (Å²) < 4.78 is 6.96. The monoisotopic (exact) mass is 292 g/mol. The highest BCUT2D eigenvalue weighted by atomic mass is 35.5. The van der Waals surface area contributed by atoms with Crippen molar-refractivity contribution >= 4 is 17.4 Å². The van der Waals surface area contributed by atoms with E-state index >= 15 is 0 Å². The normalized spacial score (nSPS) is 16.4. The van der Waals surface area contributed by atoms with Gasteiger partial charge in [-0.1, -0.05) is 19.3 Å². The maximum Gasteiger partial charge on any atom is 0.203 e. The van der Waals surface area contributed by atoms with Crippen LogP contribution in [-0.4, -0.2) is 15.6 Å². The molecule has 0 radical (unpaired) electrons. The summed E-state index contributed by atoms with van der Waals surface area (Å²) >= 11 is 5.81. The number of halogens is 1. The van der Waals surface area contributed by atoms with Crippen LogP contribution in [0.4, 0.5) is 0 Å². The molecule has 0 bridgehead atoms. The van der Waals surface area contributed by atoms with E-state index in [1.165, 1.54) is 38.4 Å². The number of furan rings is 1. The number of carbonyl (C=O) groups is 1. The average Bonchev–Trinajstić information content (AvgIpc) is 3.09. The second-order valence-corrected chi connectivity index (χ2v) is 5.63. The van der Waals surface area contributed by atoms with Gasteiger partial charge in [0.2, 0.25) is 5.22 Å². The molecule has 0 aliphatic heterocycles. The van der Waals surface area contributed by atoms with Crippen molar-refractivity contribution in [2.75, 3.05) is 0 Å². The molecular weight excluding hydrogens is 276 g/mol. The van der Waals surface area contributed by atoms with Gasteiger partial charge in [0.15, 0.2) is 5.78 Å². The molecule has 20 heavy (non-hydrogen) atoms. The fourth-order valence-electron chi connectivity index (χ4n) is 2.77. The lowest BCUT2D eigenvalue weighted by atomic mass is 9.96. The number of aromatic nitrogens is 2. The second-order valence-electron chi connectivity index (χ2n) is 5.29. The summed E-state index contributed by atoms with van der Waals surface area (Å²) in [5, 5.41) is 4.69. The van der Waals surface area contributed by atoms with Crippen molar-refractivity contribution in [1.82, 2.24) is 9.78 Å². The minimum Gasteiger partial charge on any atom is -0.452 e. The summed E-state index contributed by atoms with van der Waals surface area (Å²) in [6.07, 6.45) is 9.89. The van der Waals surface area contributed by atoms with Crippen molar-refractivity contribution in [3.8, 4) is 0 Å². The molecule has 0 atom stereocenters. The van der Waals surface area contributed by atoms with E-state index in [1.54, 1.807) is 6.07 Å². The molecule has 0 amide bonds. The van der Waals surface area contributed by atoms with Crippen LogP contribution in [0.25, 0.3) is 0 Å². The third-order valence-electron chi connectivity index (χ3n) is 3.87. The molecule has 0 aromatic carbocycles. The van der Waals surface area contributed by atoms with Crippen molar-refractivity contribution in [2.24, 2.45) is 0 Å². The third kappa shape index (κ3) is 2.80. The van der Waals surface area contributed by atoms with E-state index in [1.807, 2.05) is 16.9 Å². The molecular formula is C15H17ClN2O2. The van der Waals surface area contributed by atoms with Gasteiger partial charge >= 0.3 is 0 Å². The first kappa shape index (κ1) is 13.4. The lowest BCUT2D eigenvalue weighted by Crippen LogP contribution is -2.14. The van der Waals surface area contributed by atoms with E-state index < -0.39 is 0 Å². The molecule has 1 aliphatic rings. The van der Waals surface area contributed by atoms with Crippen molar-refractivity contribution in [3.63, 3.8) is 0 Å². The molecule has 106 valence electrons. The average molecular weight is 293 g/mol. The smallest absolute Gasteiger partial charge is 0.203 e. The van der Waals surface area contributed by atoms with Gasteiger partial charge in [-0.15, -0.1) is 0 Å². The van der Waals surface area contributed by atoms with Crippen LogP contribution in [0.3, 0.4) is 0 Å². The Bertz CT molecular complexity index is 597. The van der Waals surface area contributed by atoms with Crippen LogP contribution in [-0.2, 0) is 6.42 Å². The van der Waals surface area contributed by atoms with Gasteiger partial charge < -0.3 is 4.42 Å². The van der Waals surface area contributed by atoms with Gasteiger partial charge in [0.25, 0.3) is 0 Å². The number of Topliss-reactive ketones (excluding diaryl/α,β-unsaturated/α-hetero) is 1. The summed E-state index contributed by atoms with van der Waals surface area (Å²) in [5.74, 6) is -0.0577. The quantitative estimate of drug-likeness (QED) is 0.798. The van der Waals surface area contributed by atoms with Gasteiger partial charge in [-0.25, -0.2) is 0 Å². The summed E-state index contributed by atoms with van der Waals surface area (Å²) in [6, 6.07) is 4.01. The highest BCUT2D eigenvalue weighted by Gasteiger charge is 2.18. The Balaban J connectivity index is 1.68. The molecule has 3 rings (SSSR count). The van der Waals surface area contributed by atoms with Gasteiger partial charge in [-0.05, 0) is 36.6 Å². The Morgan fingerprint density at radius 3 is 2.85 bits per heavy atom. The number of nitrogens with zero attached hydrogens (tertiary/aromatic N) is 2. The summed E-state index contributed by atoms with van der Waals surface area (Å²) in [7, 11) is 0. The standard InChI is InChI=1S/C15H17ClN2O2/c16-15-13(7-9-20-15)14(19)10-11-6-8-18(17-11)12-4-2-1-3-5-12/h6-9,12H,1-5,10H2. The fourth-order valence-corrected chi connectivity index (χ4v) is 2.99. The molecule has 1 fully saturated rings. The van der Waals surface area contributed by atoms with Gasteiger partial charge in [0, 0.05) is 6.20 Å². The number of ketones is 1. The molecule has 1 aliphatic carbocycles. The molecule has 2 aromatic heterocycles. The molecule has 1 saturated carbocycles. The summed E-state index contributed by atoms with van der Waals surface area (Å²) in [5.41, 5.74) is 1.22. The first-order chi connectivity index (χ1) is 9.74. The highest BCUT2D eigenvalue weighted by molar-refractivity contribution is 6.32. The number of rotatable bonds is 4. The lowest BCUT2D eigenvalue weighted by Gasteiger charge is -2.21. The largest absolute Gasteiger partial charge is 0.452 e. The van der Waals surface area contributed by atoms with E-state index in [0.717, 1.165) is 5.69 Å². The van der Waals surface area contributed by atoms with E-state index in [-0.39, 0.29) is 17.4 Å². The summed E-state index contributed by atoms with van der Waals surface area (Å²) in [6.45, 7) is 0. The van der Waals surface area contributed by atoms with E-state index in [0.29, 0.717) is 11.6 Å². The molecule has 0 unspecified atom stereocenters. The third-order valence-corrected chi connectivity index (χ3v) is 4.17. The maximum atomic E-state index is 12.1. The van der Waals surface area contributed by atoms with Gasteiger partial charge in [0.1, 0.15) is 0 Å². The van der Waals surface area contributed by atoms with Crippen molar-refractivity contribution < 1.29 is 9.21 Å². The van der Waals surface area contributed by atoms with Gasteiger partial charge in [-0.3, -0.25) is 9.48 Å². The van der Waals surface area contributed by atoms with Crippen LogP contribution >= 0.6 is 11.6 Å². The fraction of sp³-hybridized carbons (Fsp3) is 0.467. The Kier molecular flexibility index (Phi) is 3.92. The Morgan fingerprint density at radius 1 is 1.35 bits per heavy atom. The van der Waals surface area contributed by atoms with Gasteiger partial charge in [0.05, 0.1) is 30.0 Å². The first-order valence-electron chi connectivity index (χ1n) is 7.04. The van der Waals surface area contributed by atoms with E-state index in [9.17, 15) is 4.79 Å². The Labute approximate surface area is 122 Å². The van der Waals surface area contributed by atoms with Crippen LogP contribution in [0, 0.1) is 0 Å². The predicted octanol–water partition coefficient (Wildman–Crippen LogP) is 4.06. The minimum atomic E-state index is -0.0577. The maximum absolute atomic E-state index is 12.1. The molecule has 2 heterocycles. The molecule has 0 N–H and O–H groups in total. The molecule has 0 spiro atoms. The molecule has 4 nitrogen and oxygen atoms in total. The van der Waals surface area contributed by atoms with Crippen LogP contribution in [0.5, 0.6) is 0 Å². The van der Waals surface area contributed by atoms with Crippen molar-refractivity contribution in [2.45, 2.75) is 44.6 Å². The summed E-state index contributed by atoms with van der Waals surface area (Å²) in [4.78, 5) is 12.1. The number of hydrogen-bond donors (Lipinski definition) is 0. The zero-order valence-electron chi connectivity index (χ0n) is 11.2. The lowest BCUT2D eigenvalue weighted by molar-refractivity contribution is 0.0991. The topological polar surface area (TPSA) is 48.0 Å². The van der Waals surface area contributed by atoms with E-state index in [2.05, 4.69) is 5.10 Å².